The van der Waals surface area contributed by atoms with Crippen molar-refractivity contribution < 1.29 is 9.59 Å². The first-order valence-electron chi connectivity index (χ1n) is 9.16. The molecule has 144 valence electrons. The fourth-order valence-corrected chi connectivity index (χ4v) is 4.71. The van der Waals surface area contributed by atoms with Crippen molar-refractivity contribution in [1.82, 2.24) is 5.32 Å². The molecule has 2 amide bonds. The lowest BCUT2D eigenvalue weighted by Gasteiger charge is -2.28. The minimum absolute atomic E-state index is 0. The first-order chi connectivity index (χ1) is 12.7. The van der Waals surface area contributed by atoms with E-state index in [1.165, 1.54) is 24.2 Å². The van der Waals surface area contributed by atoms with Gasteiger partial charge in [-0.15, -0.1) is 23.7 Å². The zero-order valence-corrected chi connectivity index (χ0v) is 16.6. The van der Waals surface area contributed by atoms with E-state index in [0.717, 1.165) is 18.5 Å². The van der Waals surface area contributed by atoms with E-state index < -0.39 is 0 Å². The van der Waals surface area contributed by atoms with Gasteiger partial charge in [0.05, 0.1) is 4.88 Å². The maximum atomic E-state index is 12.4. The Bertz CT molecular complexity index is 784. The summed E-state index contributed by atoms with van der Waals surface area (Å²) in [7, 11) is 0. The second kappa shape index (κ2) is 8.87. The van der Waals surface area contributed by atoms with Crippen molar-refractivity contribution in [3.05, 3.63) is 46.7 Å². The van der Waals surface area contributed by atoms with Crippen molar-refractivity contribution in [1.29, 1.82) is 0 Å². The molecule has 2 saturated heterocycles. The highest BCUT2D eigenvalue weighted by atomic mass is 35.5. The fraction of sp³-hybridized carbons (Fsp3) is 0.400. The van der Waals surface area contributed by atoms with Crippen molar-refractivity contribution in [2.45, 2.75) is 44.2 Å². The van der Waals surface area contributed by atoms with E-state index in [2.05, 4.69) is 16.0 Å². The molecule has 0 radical (unpaired) electrons. The van der Waals surface area contributed by atoms with Crippen LogP contribution in [0.25, 0.3) is 0 Å². The summed E-state index contributed by atoms with van der Waals surface area (Å²) in [6.07, 6.45) is 5.26. The van der Waals surface area contributed by atoms with Crippen LogP contribution in [-0.4, -0.2) is 23.9 Å². The van der Waals surface area contributed by atoms with Crippen LogP contribution in [0.5, 0.6) is 0 Å². The number of fused-ring (bicyclic) bond motifs is 2. The van der Waals surface area contributed by atoms with Gasteiger partial charge in [0.15, 0.2) is 0 Å². The number of anilines is 2. The highest BCUT2D eigenvalue weighted by Gasteiger charge is 2.34. The minimum Gasteiger partial charge on any atom is -0.326 e. The van der Waals surface area contributed by atoms with Gasteiger partial charge in [0.1, 0.15) is 0 Å². The van der Waals surface area contributed by atoms with E-state index in [4.69, 9.17) is 0 Å². The first kappa shape index (κ1) is 19.9. The number of rotatable bonds is 5. The van der Waals surface area contributed by atoms with Gasteiger partial charge in [0, 0.05) is 29.9 Å². The van der Waals surface area contributed by atoms with Crippen LogP contribution < -0.4 is 16.0 Å². The summed E-state index contributed by atoms with van der Waals surface area (Å²) >= 11 is 1.40. The predicted octanol–water partition coefficient (Wildman–Crippen LogP) is 4.28. The van der Waals surface area contributed by atoms with Crippen LogP contribution in [0.3, 0.4) is 0 Å². The highest BCUT2D eigenvalue weighted by molar-refractivity contribution is 7.12. The second-order valence-corrected chi connectivity index (χ2v) is 8.19. The number of piperidine rings is 1. The summed E-state index contributed by atoms with van der Waals surface area (Å²) in [5, 5.41) is 11.3. The summed E-state index contributed by atoms with van der Waals surface area (Å²) in [6, 6.07) is 12.2. The molecule has 5 nitrogen and oxygen atoms in total. The Balaban J connectivity index is 0.00000210. The Morgan fingerprint density at radius 1 is 1.04 bits per heavy atom. The molecule has 2 aromatic rings. The van der Waals surface area contributed by atoms with Gasteiger partial charge in [-0.1, -0.05) is 12.1 Å². The number of benzene rings is 1. The second-order valence-electron chi connectivity index (χ2n) is 7.24. The normalized spacial score (nSPS) is 23.3. The average molecular weight is 406 g/mol. The van der Waals surface area contributed by atoms with Crippen LogP contribution in [0.15, 0.2) is 41.8 Å². The van der Waals surface area contributed by atoms with Crippen molar-refractivity contribution >= 4 is 46.9 Å². The lowest BCUT2D eigenvalue weighted by atomic mass is 9.89. The fourth-order valence-electron chi connectivity index (χ4n) is 4.09. The predicted molar refractivity (Wildman–Crippen MR) is 112 cm³/mol. The van der Waals surface area contributed by atoms with Crippen molar-refractivity contribution in [2.75, 3.05) is 10.6 Å². The highest BCUT2D eigenvalue weighted by Crippen LogP contribution is 2.32. The van der Waals surface area contributed by atoms with E-state index in [9.17, 15) is 9.59 Å². The number of halogens is 1. The standard InChI is InChI=1S/C20H23N3O2S.ClH/c24-19(11-13-9-16-6-7-17(10-13)21-16)22-14-3-1-4-15(12-14)23-20(25)18-5-2-8-26-18;/h1-5,8,12-13,16-17,21H,6-7,9-11H2,(H,22,24)(H,23,25);1H. The van der Waals surface area contributed by atoms with Gasteiger partial charge < -0.3 is 16.0 Å². The van der Waals surface area contributed by atoms with Gasteiger partial charge >= 0.3 is 0 Å². The molecule has 0 spiro atoms. The Kier molecular flexibility index (Phi) is 6.52. The number of hydrogen-bond donors (Lipinski definition) is 3. The average Bonchev–Trinajstić information content (AvgIpc) is 3.25. The van der Waals surface area contributed by atoms with Gasteiger partial charge in [0.25, 0.3) is 5.91 Å². The van der Waals surface area contributed by atoms with Gasteiger partial charge in [-0.05, 0) is 61.2 Å². The molecule has 2 fully saturated rings. The van der Waals surface area contributed by atoms with Crippen molar-refractivity contribution in [2.24, 2.45) is 5.92 Å². The monoisotopic (exact) mass is 405 g/mol. The molecule has 3 N–H and O–H groups in total. The molecular weight excluding hydrogens is 382 g/mol. The molecule has 2 aliphatic heterocycles. The van der Waals surface area contributed by atoms with Crippen LogP contribution >= 0.6 is 23.7 Å². The third-order valence-electron chi connectivity index (χ3n) is 5.19. The molecule has 1 aromatic carbocycles. The van der Waals surface area contributed by atoms with Crippen molar-refractivity contribution in [3.8, 4) is 0 Å². The molecule has 0 aliphatic carbocycles. The molecule has 27 heavy (non-hydrogen) atoms. The molecule has 3 heterocycles. The van der Waals surface area contributed by atoms with Crippen LogP contribution in [-0.2, 0) is 4.79 Å². The molecule has 1 aromatic heterocycles. The van der Waals surface area contributed by atoms with Crippen LogP contribution in [0.4, 0.5) is 11.4 Å². The van der Waals surface area contributed by atoms with Crippen LogP contribution in [0, 0.1) is 5.92 Å². The largest absolute Gasteiger partial charge is 0.326 e. The smallest absolute Gasteiger partial charge is 0.265 e. The molecule has 2 unspecified atom stereocenters. The van der Waals surface area contributed by atoms with Gasteiger partial charge in [0.2, 0.25) is 5.91 Å². The summed E-state index contributed by atoms with van der Waals surface area (Å²) < 4.78 is 0. The van der Waals surface area contributed by atoms with Crippen LogP contribution in [0.2, 0.25) is 0 Å². The first-order valence-corrected chi connectivity index (χ1v) is 10.0. The summed E-state index contributed by atoms with van der Waals surface area (Å²) in [5.41, 5.74) is 1.40. The topological polar surface area (TPSA) is 70.2 Å². The Morgan fingerprint density at radius 3 is 2.41 bits per heavy atom. The molecule has 0 saturated carbocycles. The lowest BCUT2D eigenvalue weighted by Crippen LogP contribution is -2.39. The number of carbonyl (C=O) groups excluding carboxylic acids is 2. The molecule has 2 aliphatic rings. The van der Waals surface area contributed by atoms with E-state index >= 15 is 0 Å². The van der Waals surface area contributed by atoms with Gasteiger partial charge in [-0.2, -0.15) is 0 Å². The van der Waals surface area contributed by atoms with Gasteiger partial charge in [-0.25, -0.2) is 0 Å². The molecule has 2 bridgehead atoms. The summed E-state index contributed by atoms with van der Waals surface area (Å²) in [5.74, 6) is 0.391. The minimum atomic E-state index is -0.131. The Morgan fingerprint density at radius 2 is 1.74 bits per heavy atom. The van der Waals surface area contributed by atoms with E-state index in [0.29, 0.717) is 35.0 Å². The number of nitrogens with one attached hydrogen (secondary N) is 3. The van der Waals surface area contributed by atoms with E-state index in [1.54, 1.807) is 12.1 Å². The molecule has 2 atom stereocenters. The van der Waals surface area contributed by atoms with E-state index in [-0.39, 0.29) is 24.2 Å². The Labute approximate surface area is 169 Å². The quantitative estimate of drug-likeness (QED) is 0.695. The third-order valence-corrected chi connectivity index (χ3v) is 6.06. The van der Waals surface area contributed by atoms with E-state index in [1.807, 2.05) is 29.6 Å². The zero-order valence-electron chi connectivity index (χ0n) is 14.9. The van der Waals surface area contributed by atoms with Crippen LogP contribution in [0.1, 0.15) is 41.8 Å². The number of hydrogen-bond acceptors (Lipinski definition) is 4. The summed E-state index contributed by atoms with van der Waals surface area (Å²) in [6.45, 7) is 0. The lowest BCUT2D eigenvalue weighted by molar-refractivity contribution is -0.117. The number of carbonyl (C=O) groups is 2. The Hall–Kier alpha value is -1.89. The maximum absolute atomic E-state index is 12.4. The number of amides is 2. The third kappa shape index (κ3) is 5.09. The maximum Gasteiger partial charge on any atom is 0.265 e. The SMILES string of the molecule is Cl.O=C(CC1CC2CCC(C1)N2)Nc1cccc(NC(=O)c2cccs2)c1. The molecule has 4 rings (SSSR count). The van der Waals surface area contributed by atoms with Crippen molar-refractivity contribution in [3.63, 3.8) is 0 Å². The molecular formula is C20H24ClN3O2S. The zero-order chi connectivity index (χ0) is 17.9. The molecule has 7 heteroatoms. The van der Waals surface area contributed by atoms with Gasteiger partial charge in [-0.3, -0.25) is 9.59 Å². The summed E-state index contributed by atoms with van der Waals surface area (Å²) in [4.78, 5) is 25.2. The number of thiophene rings is 1.